The van der Waals surface area contributed by atoms with Crippen molar-refractivity contribution in [3.63, 3.8) is 0 Å². The number of hydrogen-bond acceptors (Lipinski definition) is 6. The predicted octanol–water partition coefficient (Wildman–Crippen LogP) is 3.91. The summed E-state index contributed by atoms with van der Waals surface area (Å²) in [5.74, 6) is -0.742. The summed E-state index contributed by atoms with van der Waals surface area (Å²) in [5, 5.41) is 0. The third-order valence-corrected chi connectivity index (χ3v) is 6.57. The van der Waals surface area contributed by atoms with Gasteiger partial charge in [-0.25, -0.2) is 9.69 Å². The fraction of sp³-hybridized carbons (Fsp3) is 0.391. The molecule has 0 radical (unpaired) electrons. The number of amides is 4. The lowest BCUT2D eigenvalue weighted by Crippen LogP contribution is -2.43. The fourth-order valence-electron chi connectivity index (χ4n) is 3.93. The summed E-state index contributed by atoms with van der Waals surface area (Å²) in [5.41, 5.74) is -4.63. The SMILES string of the molecule is CC1(C)C(=O)N(c2ccc(SC(F)(F)F)cc2)C(=O)N1Cc1ccnc(C(=O)N2CCOCC2)c1. The molecule has 2 saturated heterocycles. The summed E-state index contributed by atoms with van der Waals surface area (Å²) in [7, 11) is 0. The van der Waals surface area contributed by atoms with E-state index in [4.69, 9.17) is 4.74 Å². The first-order valence-corrected chi connectivity index (χ1v) is 11.6. The minimum Gasteiger partial charge on any atom is -0.378 e. The Morgan fingerprint density at radius 2 is 1.77 bits per heavy atom. The first kappa shape index (κ1) is 25.0. The third-order valence-electron chi connectivity index (χ3n) is 5.83. The Bertz CT molecular complexity index is 1130. The number of nitrogens with zero attached hydrogens (tertiary/aromatic N) is 4. The van der Waals surface area contributed by atoms with Crippen molar-refractivity contribution in [1.29, 1.82) is 0 Å². The number of imide groups is 1. The van der Waals surface area contributed by atoms with Gasteiger partial charge in [-0.3, -0.25) is 14.6 Å². The topological polar surface area (TPSA) is 83.1 Å². The number of anilines is 1. The number of thioether (sulfide) groups is 1. The molecule has 4 rings (SSSR count). The molecule has 2 aliphatic heterocycles. The first-order valence-electron chi connectivity index (χ1n) is 10.8. The zero-order valence-electron chi connectivity index (χ0n) is 19.0. The molecule has 2 fully saturated rings. The second-order valence-corrected chi connectivity index (χ2v) is 9.70. The van der Waals surface area contributed by atoms with Gasteiger partial charge in [0.1, 0.15) is 11.2 Å². The van der Waals surface area contributed by atoms with Crippen molar-refractivity contribution in [3.05, 3.63) is 53.9 Å². The molecule has 2 aliphatic rings. The lowest BCUT2D eigenvalue weighted by molar-refractivity contribution is -0.123. The molecule has 1 aromatic carbocycles. The highest BCUT2D eigenvalue weighted by Gasteiger charge is 2.51. The number of alkyl halides is 3. The maximum Gasteiger partial charge on any atom is 0.446 e. The second kappa shape index (κ2) is 9.50. The van der Waals surface area contributed by atoms with Gasteiger partial charge in [0.05, 0.1) is 18.9 Å². The van der Waals surface area contributed by atoms with Crippen LogP contribution in [0.5, 0.6) is 0 Å². The summed E-state index contributed by atoms with van der Waals surface area (Å²) in [6.45, 7) is 5.08. The Kier molecular flexibility index (Phi) is 6.78. The van der Waals surface area contributed by atoms with Gasteiger partial charge in [-0.2, -0.15) is 13.2 Å². The van der Waals surface area contributed by atoms with Gasteiger partial charge in [-0.1, -0.05) is 0 Å². The fourth-order valence-corrected chi connectivity index (χ4v) is 4.47. The number of aromatic nitrogens is 1. The zero-order chi connectivity index (χ0) is 25.4. The third kappa shape index (κ3) is 5.27. The molecular weight excluding hydrogens is 485 g/mol. The van der Waals surface area contributed by atoms with Gasteiger partial charge in [0.25, 0.3) is 11.8 Å². The Labute approximate surface area is 204 Å². The normalized spacial score (nSPS) is 18.4. The molecule has 12 heteroatoms. The van der Waals surface area contributed by atoms with Crippen molar-refractivity contribution in [2.75, 3.05) is 31.2 Å². The van der Waals surface area contributed by atoms with E-state index in [2.05, 4.69) is 4.98 Å². The molecule has 0 saturated carbocycles. The van der Waals surface area contributed by atoms with Crippen LogP contribution in [0.1, 0.15) is 29.9 Å². The molecule has 0 spiro atoms. The standard InChI is InChI=1S/C23H23F3N4O4S/c1-22(2)20(32)30(16-3-5-17(6-4-16)35-23(24,25)26)21(33)29(22)14-15-7-8-27-18(13-15)19(31)28-9-11-34-12-10-28/h3-8,13H,9-12,14H2,1-2H3. The van der Waals surface area contributed by atoms with Gasteiger partial charge in [-0.15, -0.1) is 0 Å². The number of rotatable bonds is 5. The van der Waals surface area contributed by atoms with Crippen LogP contribution in [0.4, 0.5) is 23.7 Å². The largest absolute Gasteiger partial charge is 0.446 e. The van der Waals surface area contributed by atoms with Gasteiger partial charge in [0.15, 0.2) is 0 Å². The van der Waals surface area contributed by atoms with E-state index in [1.54, 1.807) is 30.9 Å². The summed E-state index contributed by atoms with van der Waals surface area (Å²) >= 11 is -0.273. The molecule has 186 valence electrons. The van der Waals surface area contributed by atoms with Crippen LogP contribution in [0.2, 0.25) is 0 Å². The van der Waals surface area contributed by atoms with Crippen LogP contribution in [-0.4, -0.2) is 70.0 Å². The zero-order valence-corrected chi connectivity index (χ0v) is 19.9. The van der Waals surface area contributed by atoms with Crippen LogP contribution in [0.15, 0.2) is 47.5 Å². The average Bonchev–Trinajstić information content (AvgIpc) is 2.98. The molecule has 2 aromatic rings. The van der Waals surface area contributed by atoms with E-state index in [0.29, 0.717) is 31.9 Å². The van der Waals surface area contributed by atoms with Crippen molar-refractivity contribution in [3.8, 4) is 0 Å². The first-order chi connectivity index (χ1) is 16.5. The highest BCUT2D eigenvalue weighted by Crippen LogP contribution is 2.38. The number of benzene rings is 1. The van der Waals surface area contributed by atoms with Crippen LogP contribution in [0.25, 0.3) is 0 Å². The van der Waals surface area contributed by atoms with E-state index in [-0.39, 0.29) is 40.5 Å². The van der Waals surface area contributed by atoms with E-state index in [1.165, 1.54) is 35.4 Å². The lowest BCUT2D eigenvalue weighted by Gasteiger charge is -2.28. The summed E-state index contributed by atoms with van der Waals surface area (Å²) in [6, 6.07) is 7.72. The molecule has 0 aliphatic carbocycles. The van der Waals surface area contributed by atoms with Crippen molar-refractivity contribution < 1.29 is 32.3 Å². The number of carbonyl (C=O) groups is 3. The van der Waals surface area contributed by atoms with Crippen LogP contribution < -0.4 is 4.90 Å². The highest BCUT2D eigenvalue weighted by molar-refractivity contribution is 8.00. The van der Waals surface area contributed by atoms with Crippen LogP contribution in [0.3, 0.4) is 0 Å². The average molecular weight is 509 g/mol. The van der Waals surface area contributed by atoms with E-state index in [9.17, 15) is 27.6 Å². The smallest absolute Gasteiger partial charge is 0.378 e. The Morgan fingerprint density at radius 3 is 2.40 bits per heavy atom. The van der Waals surface area contributed by atoms with Gasteiger partial charge >= 0.3 is 11.5 Å². The van der Waals surface area contributed by atoms with Gasteiger partial charge < -0.3 is 14.5 Å². The molecule has 3 heterocycles. The van der Waals surface area contributed by atoms with Crippen LogP contribution in [0, 0.1) is 0 Å². The monoisotopic (exact) mass is 508 g/mol. The lowest BCUT2D eigenvalue weighted by atomic mass is 10.0. The van der Waals surface area contributed by atoms with Crippen molar-refractivity contribution in [2.45, 2.75) is 36.3 Å². The number of pyridine rings is 1. The molecule has 0 unspecified atom stereocenters. The van der Waals surface area contributed by atoms with Crippen LogP contribution >= 0.6 is 11.8 Å². The molecule has 0 atom stereocenters. The molecule has 0 bridgehead atoms. The minimum absolute atomic E-state index is 0.0436. The number of morpholine rings is 1. The molecule has 8 nitrogen and oxygen atoms in total. The van der Waals surface area contributed by atoms with Gasteiger partial charge in [0.2, 0.25) is 0 Å². The van der Waals surface area contributed by atoms with E-state index < -0.39 is 23.0 Å². The summed E-state index contributed by atoms with van der Waals surface area (Å²) in [6.07, 6.45) is 1.48. The van der Waals surface area contributed by atoms with E-state index >= 15 is 0 Å². The summed E-state index contributed by atoms with van der Waals surface area (Å²) < 4.78 is 43.1. The number of hydrogen-bond donors (Lipinski definition) is 0. The maximum absolute atomic E-state index is 13.3. The quantitative estimate of drug-likeness (QED) is 0.450. The number of halogens is 3. The highest BCUT2D eigenvalue weighted by atomic mass is 32.2. The molecular formula is C23H23F3N4O4S. The second-order valence-electron chi connectivity index (χ2n) is 8.56. The van der Waals surface area contributed by atoms with Crippen molar-refractivity contribution >= 4 is 35.3 Å². The number of carbonyl (C=O) groups excluding carboxylic acids is 3. The predicted molar refractivity (Wildman–Crippen MR) is 122 cm³/mol. The molecule has 0 N–H and O–H groups in total. The van der Waals surface area contributed by atoms with E-state index in [0.717, 1.165) is 4.90 Å². The van der Waals surface area contributed by atoms with Crippen LogP contribution in [-0.2, 0) is 16.1 Å². The Balaban J connectivity index is 1.53. The van der Waals surface area contributed by atoms with Crippen molar-refractivity contribution in [1.82, 2.24) is 14.8 Å². The van der Waals surface area contributed by atoms with Gasteiger partial charge in [0, 0.05) is 30.7 Å². The molecule has 35 heavy (non-hydrogen) atoms. The summed E-state index contributed by atoms with van der Waals surface area (Å²) in [4.78, 5) is 47.2. The number of urea groups is 1. The number of ether oxygens (including phenoxy) is 1. The maximum atomic E-state index is 13.3. The molecule has 4 amide bonds. The minimum atomic E-state index is -4.44. The Morgan fingerprint density at radius 1 is 1.11 bits per heavy atom. The molecule has 1 aromatic heterocycles. The van der Waals surface area contributed by atoms with Crippen molar-refractivity contribution in [2.24, 2.45) is 0 Å². The van der Waals surface area contributed by atoms with E-state index in [1.807, 2.05) is 0 Å². The van der Waals surface area contributed by atoms with Gasteiger partial charge in [-0.05, 0) is 67.6 Å². The Hall–Kier alpha value is -3.12.